The van der Waals surface area contributed by atoms with Crippen LogP contribution in [-0.4, -0.2) is 28.8 Å². The Kier molecular flexibility index (Phi) is 2.13. The summed E-state index contributed by atoms with van der Waals surface area (Å²) < 4.78 is 0. The van der Waals surface area contributed by atoms with Gasteiger partial charge < -0.3 is 15.7 Å². The minimum atomic E-state index is -0.222. The molecule has 0 amide bonds. The summed E-state index contributed by atoms with van der Waals surface area (Å²) in [5.41, 5.74) is 5.59. The number of hydrogen-bond donors (Lipinski definition) is 2. The van der Waals surface area contributed by atoms with Gasteiger partial charge >= 0.3 is 0 Å². The minimum Gasteiger partial charge on any atom is -0.391 e. The van der Waals surface area contributed by atoms with Crippen LogP contribution in [0.4, 0.5) is 10.1 Å². The van der Waals surface area contributed by atoms with Gasteiger partial charge in [-0.2, -0.15) is 0 Å². The highest BCUT2D eigenvalue weighted by Crippen LogP contribution is 2.30. The number of aromatic nitrogens is 1. The van der Waals surface area contributed by atoms with E-state index in [1.54, 1.807) is 6.20 Å². The molecule has 72 valence electrons. The number of anilines is 2. The number of hydrogen-bond acceptors (Lipinski definition) is 5. The number of thiazole rings is 1. The van der Waals surface area contributed by atoms with Crippen molar-refractivity contribution in [3.63, 3.8) is 0 Å². The van der Waals surface area contributed by atoms with Crippen LogP contribution in [0.25, 0.3) is 0 Å². The third-order valence-electron chi connectivity index (χ3n) is 2.31. The molecule has 2 unspecified atom stereocenters. The van der Waals surface area contributed by atoms with Gasteiger partial charge in [-0.1, -0.05) is 11.3 Å². The van der Waals surface area contributed by atoms with Crippen LogP contribution in [0.2, 0.25) is 0 Å². The summed E-state index contributed by atoms with van der Waals surface area (Å²) in [6.07, 6.45) is 2.26. The average molecular weight is 199 g/mol. The highest BCUT2D eigenvalue weighted by Gasteiger charge is 2.29. The molecule has 3 N–H and O–H groups in total. The van der Waals surface area contributed by atoms with Gasteiger partial charge in [0.15, 0.2) is 5.13 Å². The van der Waals surface area contributed by atoms with E-state index >= 15 is 0 Å². The molecule has 13 heavy (non-hydrogen) atoms. The van der Waals surface area contributed by atoms with E-state index in [0.29, 0.717) is 12.6 Å². The molecule has 2 rings (SSSR count). The van der Waals surface area contributed by atoms with Gasteiger partial charge in [-0.15, -0.1) is 0 Å². The summed E-state index contributed by atoms with van der Waals surface area (Å²) >= 11 is 1.47. The predicted molar refractivity (Wildman–Crippen MR) is 54.0 cm³/mol. The van der Waals surface area contributed by atoms with Crippen molar-refractivity contribution in [2.24, 2.45) is 0 Å². The second kappa shape index (κ2) is 3.16. The van der Waals surface area contributed by atoms with Crippen molar-refractivity contribution in [2.75, 3.05) is 17.2 Å². The van der Waals surface area contributed by atoms with Crippen LogP contribution in [0.5, 0.6) is 0 Å². The fourth-order valence-corrected chi connectivity index (χ4v) is 2.47. The van der Waals surface area contributed by atoms with Gasteiger partial charge in [0.1, 0.15) is 5.00 Å². The van der Waals surface area contributed by atoms with Crippen LogP contribution in [-0.2, 0) is 0 Å². The van der Waals surface area contributed by atoms with Crippen LogP contribution < -0.4 is 10.6 Å². The molecule has 2 atom stereocenters. The maximum absolute atomic E-state index is 9.44. The summed E-state index contributed by atoms with van der Waals surface area (Å²) in [6.45, 7) is 2.77. The topological polar surface area (TPSA) is 62.4 Å². The molecule has 0 aliphatic carbocycles. The predicted octanol–water partition coefficient (Wildman–Crippen LogP) is 0.685. The number of rotatable bonds is 1. The molecule has 1 fully saturated rings. The number of aliphatic hydroxyl groups excluding tert-OH is 1. The molecular weight excluding hydrogens is 186 g/mol. The fourth-order valence-electron chi connectivity index (χ4n) is 1.68. The molecule has 2 heterocycles. The van der Waals surface area contributed by atoms with E-state index in [0.717, 1.165) is 16.6 Å². The summed E-state index contributed by atoms with van der Waals surface area (Å²) in [4.78, 5) is 6.29. The smallest absolute Gasteiger partial charge is 0.187 e. The lowest BCUT2D eigenvalue weighted by molar-refractivity contribution is 0.195. The summed E-state index contributed by atoms with van der Waals surface area (Å²) in [7, 11) is 0. The van der Waals surface area contributed by atoms with Crippen molar-refractivity contribution in [1.82, 2.24) is 4.98 Å². The number of nitrogen functional groups attached to an aromatic ring is 1. The molecule has 0 saturated carbocycles. The molecule has 1 aliphatic rings. The van der Waals surface area contributed by atoms with Gasteiger partial charge in [-0.3, -0.25) is 0 Å². The van der Waals surface area contributed by atoms with E-state index in [9.17, 15) is 5.11 Å². The van der Waals surface area contributed by atoms with Gasteiger partial charge in [0, 0.05) is 12.6 Å². The summed E-state index contributed by atoms with van der Waals surface area (Å²) in [6, 6.07) is 0.362. The third kappa shape index (κ3) is 1.62. The highest BCUT2D eigenvalue weighted by molar-refractivity contribution is 7.19. The van der Waals surface area contributed by atoms with Crippen molar-refractivity contribution in [2.45, 2.75) is 25.5 Å². The molecule has 0 aromatic carbocycles. The van der Waals surface area contributed by atoms with Crippen molar-refractivity contribution < 1.29 is 5.11 Å². The Morgan fingerprint density at radius 3 is 3.00 bits per heavy atom. The summed E-state index contributed by atoms with van der Waals surface area (Å²) in [5, 5.41) is 11.1. The Labute approximate surface area is 81.0 Å². The van der Waals surface area contributed by atoms with E-state index in [1.165, 1.54) is 11.3 Å². The highest BCUT2D eigenvalue weighted by atomic mass is 32.1. The second-order valence-corrected chi connectivity index (χ2v) is 4.48. The first-order valence-electron chi connectivity index (χ1n) is 4.33. The van der Waals surface area contributed by atoms with Crippen LogP contribution in [0.3, 0.4) is 0 Å². The van der Waals surface area contributed by atoms with Gasteiger partial charge in [-0.25, -0.2) is 4.98 Å². The zero-order valence-corrected chi connectivity index (χ0v) is 8.29. The molecule has 5 heteroatoms. The fraction of sp³-hybridized carbons (Fsp3) is 0.625. The third-order valence-corrected chi connectivity index (χ3v) is 3.17. The molecule has 0 bridgehead atoms. The van der Waals surface area contributed by atoms with Gasteiger partial charge in [0.25, 0.3) is 0 Å². The first-order chi connectivity index (χ1) is 6.16. The van der Waals surface area contributed by atoms with Crippen molar-refractivity contribution in [3.05, 3.63) is 6.20 Å². The van der Waals surface area contributed by atoms with E-state index in [-0.39, 0.29) is 6.10 Å². The quantitative estimate of drug-likeness (QED) is 0.698. The lowest BCUT2D eigenvalue weighted by Gasteiger charge is -2.19. The van der Waals surface area contributed by atoms with Gasteiger partial charge in [0.2, 0.25) is 0 Å². The van der Waals surface area contributed by atoms with Crippen molar-refractivity contribution in [1.29, 1.82) is 0 Å². The van der Waals surface area contributed by atoms with Crippen molar-refractivity contribution in [3.8, 4) is 0 Å². The van der Waals surface area contributed by atoms with E-state index < -0.39 is 0 Å². The molecular formula is C8H13N3OS. The second-order valence-electron chi connectivity index (χ2n) is 3.44. The average Bonchev–Trinajstić information content (AvgIpc) is 2.58. The van der Waals surface area contributed by atoms with E-state index in [4.69, 9.17) is 5.73 Å². The Morgan fingerprint density at radius 2 is 2.54 bits per heavy atom. The largest absolute Gasteiger partial charge is 0.391 e. The molecule has 1 aromatic rings. The molecule has 1 saturated heterocycles. The lowest BCUT2D eigenvalue weighted by Crippen LogP contribution is -2.26. The molecule has 4 nitrogen and oxygen atoms in total. The minimum absolute atomic E-state index is 0.222. The van der Waals surface area contributed by atoms with Gasteiger partial charge in [-0.05, 0) is 13.3 Å². The van der Waals surface area contributed by atoms with E-state index in [1.807, 2.05) is 0 Å². The Hall–Kier alpha value is -0.810. The SMILES string of the molecule is CC1CC(O)CN1c1ncc(N)s1. The first kappa shape index (κ1) is 8.77. The van der Waals surface area contributed by atoms with E-state index in [2.05, 4.69) is 16.8 Å². The van der Waals surface area contributed by atoms with Crippen LogP contribution >= 0.6 is 11.3 Å². The zero-order valence-electron chi connectivity index (χ0n) is 7.47. The molecule has 0 radical (unpaired) electrons. The molecule has 1 aromatic heterocycles. The zero-order chi connectivity index (χ0) is 9.42. The Morgan fingerprint density at radius 1 is 1.77 bits per heavy atom. The standard InChI is InChI=1S/C8H13N3OS/c1-5-2-6(12)4-11(5)8-10-3-7(9)13-8/h3,5-6,12H,2,4,9H2,1H3. The number of β-amino-alcohol motifs (C(OH)–C–C–N with tert-alkyl or cyclic N) is 1. The van der Waals surface area contributed by atoms with Gasteiger partial charge in [0.05, 0.1) is 12.3 Å². The Bertz CT molecular complexity index is 301. The van der Waals surface area contributed by atoms with Crippen LogP contribution in [0.15, 0.2) is 6.20 Å². The monoisotopic (exact) mass is 199 g/mol. The molecule has 0 spiro atoms. The molecule has 1 aliphatic heterocycles. The van der Waals surface area contributed by atoms with Crippen LogP contribution in [0.1, 0.15) is 13.3 Å². The van der Waals surface area contributed by atoms with Crippen molar-refractivity contribution >= 4 is 21.5 Å². The maximum Gasteiger partial charge on any atom is 0.187 e. The first-order valence-corrected chi connectivity index (χ1v) is 5.14. The van der Waals surface area contributed by atoms with Crippen LogP contribution in [0, 0.1) is 0 Å². The summed E-state index contributed by atoms with van der Waals surface area (Å²) in [5.74, 6) is 0. The lowest BCUT2D eigenvalue weighted by atomic mass is 10.2. The number of aliphatic hydroxyl groups is 1. The Balaban J connectivity index is 2.17. The number of nitrogens with zero attached hydrogens (tertiary/aromatic N) is 2. The maximum atomic E-state index is 9.44. The normalized spacial score (nSPS) is 28.3. The number of nitrogens with two attached hydrogens (primary N) is 1.